The Morgan fingerprint density at radius 2 is 1.71 bits per heavy atom. The molecule has 0 heteroatoms. The zero-order chi connectivity index (χ0) is 9.80. The zero-order valence-corrected chi connectivity index (χ0v) is 9.80. The molecule has 2 fully saturated rings. The van der Waals surface area contributed by atoms with Crippen LogP contribution >= 0.6 is 0 Å². The quantitative estimate of drug-likeness (QED) is 0.606. The summed E-state index contributed by atoms with van der Waals surface area (Å²) in [5.41, 5.74) is 0. The molecule has 0 amide bonds. The van der Waals surface area contributed by atoms with Gasteiger partial charge in [-0.25, -0.2) is 0 Å². The average molecular weight is 194 g/mol. The van der Waals surface area contributed by atoms with E-state index >= 15 is 0 Å². The summed E-state index contributed by atoms with van der Waals surface area (Å²) in [4.78, 5) is 0. The molecule has 14 heavy (non-hydrogen) atoms. The third-order valence-electron chi connectivity index (χ3n) is 4.61. The van der Waals surface area contributed by atoms with Gasteiger partial charge in [-0.1, -0.05) is 58.3 Å². The number of hydrogen-bond acceptors (Lipinski definition) is 0. The summed E-state index contributed by atoms with van der Waals surface area (Å²) in [6, 6.07) is 0. The molecule has 0 aromatic rings. The first-order valence-corrected chi connectivity index (χ1v) is 6.90. The number of rotatable bonds is 3. The van der Waals surface area contributed by atoms with Gasteiger partial charge in [-0.15, -0.1) is 0 Å². The Morgan fingerprint density at radius 3 is 2.50 bits per heavy atom. The molecule has 0 saturated heterocycles. The van der Waals surface area contributed by atoms with Gasteiger partial charge in [0, 0.05) is 0 Å². The van der Waals surface area contributed by atoms with Crippen molar-refractivity contribution in [2.75, 3.05) is 0 Å². The van der Waals surface area contributed by atoms with Crippen LogP contribution in [-0.4, -0.2) is 0 Å². The van der Waals surface area contributed by atoms with E-state index in [-0.39, 0.29) is 0 Å². The van der Waals surface area contributed by atoms with Gasteiger partial charge in [0.25, 0.3) is 0 Å². The summed E-state index contributed by atoms with van der Waals surface area (Å²) in [7, 11) is 0. The summed E-state index contributed by atoms with van der Waals surface area (Å²) in [6.07, 6.45) is 15.3. The van der Waals surface area contributed by atoms with E-state index in [0.29, 0.717) is 0 Å². The Hall–Kier alpha value is 0. The van der Waals surface area contributed by atoms with E-state index in [1.807, 2.05) is 0 Å². The standard InChI is InChI=1S/C14H26/c1-2-3-6-12-9-10-13-7-4-5-8-14(13)11-12/h12-14H,2-11H2,1H3. The van der Waals surface area contributed by atoms with Gasteiger partial charge in [0.15, 0.2) is 0 Å². The lowest BCUT2D eigenvalue weighted by Gasteiger charge is -2.39. The maximum atomic E-state index is 2.33. The van der Waals surface area contributed by atoms with E-state index in [2.05, 4.69) is 6.92 Å². The van der Waals surface area contributed by atoms with Crippen LogP contribution in [0.25, 0.3) is 0 Å². The van der Waals surface area contributed by atoms with Crippen molar-refractivity contribution in [3.63, 3.8) is 0 Å². The second-order valence-electron chi connectivity index (χ2n) is 5.63. The predicted octanol–water partition coefficient (Wildman–Crippen LogP) is 4.78. The number of hydrogen-bond donors (Lipinski definition) is 0. The molecule has 0 nitrogen and oxygen atoms in total. The molecule has 0 heterocycles. The topological polar surface area (TPSA) is 0 Å². The van der Waals surface area contributed by atoms with E-state index < -0.39 is 0 Å². The van der Waals surface area contributed by atoms with E-state index in [1.54, 1.807) is 32.1 Å². The molecule has 0 aromatic carbocycles. The Kier molecular flexibility index (Phi) is 3.89. The number of fused-ring (bicyclic) bond motifs is 1. The van der Waals surface area contributed by atoms with Gasteiger partial charge in [0.05, 0.1) is 0 Å². The minimum Gasteiger partial charge on any atom is -0.0654 e. The minimum atomic E-state index is 1.11. The Balaban J connectivity index is 1.77. The zero-order valence-electron chi connectivity index (χ0n) is 9.80. The molecule has 2 aliphatic rings. The molecule has 0 N–H and O–H groups in total. The smallest absolute Gasteiger partial charge is 0.0383 e. The summed E-state index contributed by atoms with van der Waals surface area (Å²) >= 11 is 0. The molecule has 0 aromatic heterocycles. The van der Waals surface area contributed by atoms with E-state index in [4.69, 9.17) is 0 Å². The van der Waals surface area contributed by atoms with Crippen LogP contribution in [0.15, 0.2) is 0 Å². The van der Waals surface area contributed by atoms with Crippen LogP contribution in [0.2, 0.25) is 0 Å². The van der Waals surface area contributed by atoms with Gasteiger partial charge >= 0.3 is 0 Å². The SMILES string of the molecule is CCCCC1CCC2CCCCC2C1. The van der Waals surface area contributed by atoms with Gasteiger partial charge < -0.3 is 0 Å². The highest BCUT2D eigenvalue weighted by Gasteiger charge is 2.31. The molecule has 2 rings (SSSR count). The van der Waals surface area contributed by atoms with Crippen LogP contribution in [0.1, 0.15) is 71.1 Å². The molecule has 0 bridgehead atoms. The van der Waals surface area contributed by atoms with Crippen LogP contribution in [0.5, 0.6) is 0 Å². The van der Waals surface area contributed by atoms with Crippen molar-refractivity contribution in [1.29, 1.82) is 0 Å². The fraction of sp³-hybridized carbons (Fsp3) is 1.00. The molecular weight excluding hydrogens is 168 g/mol. The van der Waals surface area contributed by atoms with Gasteiger partial charge in [-0.2, -0.15) is 0 Å². The maximum absolute atomic E-state index is 2.33. The van der Waals surface area contributed by atoms with Crippen molar-refractivity contribution in [2.45, 2.75) is 71.1 Å². The monoisotopic (exact) mass is 194 g/mol. The van der Waals surface area contributed by atoms with Crippen LogP contribution < -0.4 is 0 Å². The normalized spacial score (nSPS) is 37.9. The first-order chi connectivity index (χ1) is 6.90. The van der Waals surface area contributed by atoms with Crippen molar-refractivity contribution in [3.05, 3.63) is 0 Å². The molecule has 3 unspecified atom stereocenters. The highest BCUT2D eigenvalue weighted by molar-refractivity contribution is 4.82. The molecule has 3 atom stereocenters. The lowest BCUT2D eigenvalue weighted by molar-refractivity contribution is 0.124. The Labute approximate surface area is 89.5 Å². The predicted molar refractivity (Wildman–Crippen MR) is 62.3 cm³/mol. The third-order valence-corrected chi connectivity index (χ3v) is 4.61. The van der Waals surface area contributed by atoms with E-state index in [1.165, 1.54) is 32.1 Å². The fourth-order valence-electron chi connectivity index (χ4n) is 3.73. The number of unbranched alkanes of at least 4 members (excludes halogenated alkanes) is 1. The summed E-state index contributed by atoms with van der Waals surface area (Å²) in [5, 5.41) is 0. The largest absolute Gasteiger partial charge is 0.0654 e. The molecule has 0 radical (unpaired) electrons. The third kappa shape index (κ3) is 2.52. The molecule has 2 aliphatic carbocycles. The Bertz CT molecular complexity index is 161. The van der Waals surface area contributed by atoms with Crippen molar-refractivity contribution in [3.8, 4) is 0 Å². The van der Waals surface area contributed by atoms with Crippen molar-refractivity contribution < 1.29 is 0 Å². The summed E-state index contributed by atoms with van der Waals surface area (Å²) in [6.45, 7) is 2.33. The molecule has 0 spiro atoms. The van der Waals surface area contributed by atoms with Gasteiger partial charge in [-0.05, 0) is 30.6 Å². The Morgan fingerprint density at radius 1 is 0.929 bits per heavy atom. The fourth-order valence-corrected chi connectivity index (χ4v) is 3.73. The summed E-state index contributed by atoms with van der Waals surface area (Å²) in [5.74, 6) is 3.38. The van der Waals surface area contributed by atoms with Gasteiger partial charge in [-0.3, -0.25) is 0 Å². The molecular formula is C14H26. The second kappa shape index (κ2) is 5.19. The second-order valence-corrected chi connectivity index (χ2v) is 5.63. The first-order valence-electron chi connectivity index (χ1n) is 6.90. The van der Waals surface area contributed by atoms with Crippen LogP contribution in [0.3, 0.4) is 0 Å². The van der Waals surface area contributed by atoms with Gasteiger partial charge in [0.1, 0.15) is 0 Å². The lowest BCUT2D eigenvalue weighted by Crippen LogP contribution is -2.27. The van der Waals surface area contributed by atoms with Crippen LogP contribution in [0.4, 0.5) is 0 Å². The maximum Gasteiger partial charge on any atom is -0.0383 e. The lowest BCUT2D eigenvalue weighted by atomic mass is 9.67. The van der Waals surface area contributed by atoms with E-state index in [9.17, 15) is 0 Å². The average Bonchev–Trinajstić information content (AvgIpc) is 2.26. The van der Waals surface area contributed by atoms with Crippen molar-refractivity contribution >= 4 is 0 Å². The molecule has 0 aliphatic heterocycles. The van der Waals surface area contributed by atoms with E-state index in [0.717, 1.165) is 17.8 Å². The van der Waals surface area contributed by atoms with Crippen LogP contribution in [-0.2, 0) is 0 Å². The highest BCUT2D eigenvalue weighted by atomic mass is 14.4. The highest BCUT2D eigenvalue weighted by Crippen LogP contribution is 2.43. The molecule has 82 valence electrons. The van der Waals surface area contributed by atoms with Crippen molar-refractivity contribution in [1.82, 2.24) is 0 Å². The van der Waals surface area contributed by atoms with Crippen LogP contribution in [0, 0.1) is 17.8 Å². The van der Waals surface area contributed by atoms with Gasteiger partial charge in [0.2, 0.25) is 0 Å². The van der Waals surface area contributed by atoms with Crippen molar-refractivity contribution in [2.24, 2.45) is 17.8 Å². The summed E-state index contributed by atoms with van der Waals surface area (Å²) < 4.78 is 0. The first kappa shape index (κ1) is 10.5. The molecule has 2 saturated carbocycles. The minimum absolute atomic E-state index is 1.11.